The maximum atomic E-state index is 6.39. The smallest absolute Gasteiger partial charge is 0.0837 e. The lowest BCUT2D eigenvalue weighted by Crippen LogP contribution is -2.26. The van der Waals surface area contributed by atoms with Gasteiger partial charge in [0.2, 0.25) is 0 Å². The van der Waals surface area contributed by atoms with Crippen LogP contribution in [0.2, 0.25) is 5.02 Å². The molecule has 2 aromatic rings. The molecule has 0 aliphatic rings. The lowest BCUT2D eigenvalue weighted by atomic mass is 10.0. The molecule has 0 bridgehead atoms. The van der Waals surface area contributed by atoms with Gasteiger partial charge in [-0.25, -0.2) is 0 Å². The van der Waals surface area contributed by atoms with E-state index in [0.29, 0.717) is 18.2 Å². The van der Waals surface area contributed by atoms with Crippen LogP contribution in [0.5, 0.6) is 0 Å². The molecule has 1 atom stereocenters. The van der Waals surface area contributed by atoms with Crippen molar-refractivity contribution < 1.29 is 4.74 Å². The SMILES string of the molecule is CCNC(c1ccccc1I)c1c(Cl)cnn1CCOC. The largest absolute Gasteiger partial charge is 0.383 e. The van der Waals surface area contributed by atoms with Gasteiger partial charge in [0.05, 0.1) is 36.1 Å². The predicted octanol–water partition coefficient (Wildman–Crippen LogP) is 3.49. The first-order valence-electron chi connectivity index (χ1n) is 6.87. The van der Waals surface area contributed by atoms with E-state index in [-0.39, 0.29) is 6.04 Å². The van der Waals surface area contributed by atoms with Crippen LogP contribution < -0.4 is 5.32 Å². The van der Waals surface area contributed by atoms with E-state index in [2.05, 4.69) is 52.1 Å². The average molecular weight is 420 g/mol. The Morgan fingerprint density at radius 1 is 1.43 bits per heavy atom. The van der Waals surface area contributed by atoms with Crippen molar-refractivity contribution in [2.24, 2.45) is 0 Å². The molecular formula is C15H19ClIN3O. The van der Waals surface area contributed by atoms with Crippen LogP contribution in [0.15, 0.2) is 30.5 Å². The first kappa shape index (κ1) is 16.7. The molecule has 114 valence electrons. The Kier molecular flexibility index (Phi) is 6.47. The summed E-state index contributed by atoms with van der Waals surface area (Å²) in [5.41, 5.74) is 2.20. The normalized spacial score (nSPS) is 12.6. The second-order valence-electron chi connectivity index (χ2n) is 4.61. The Bertz CT molecular complexity index is 588. The second kappa shape index (κ2) is 8.12. The van der Waals surface area contributed by atoms with E-state index < -0.39 is 0 Å². The zero-order valence-electron chi connectivity index (χ0n) is 12.1. The molecule has 1 N–H and O–H groups in total. The summed E-state index contributed by atoms with van der Waals surface area (Å²) >= 11 is 8.74. The first-order chi connectivity index (χ1) is 10.2. The standard InChI is InChI=1S/C15H19ClIN3O/c1-3-18-14(11-6-4-5-7-13(11)17)15-12(16)10-19-20(15)8-9-21-2/h4-7,10,14,18H,3,8-9H2,1-2H3. The molecule has 0 fully saturated rings. The van der Waals surface area contributed by atoms with E-state index in [1.807, 2.05) is 16.8 Å². The minimum absolute atomic E-state index is 0.0231. The van der Waals surface area contributed by atoms with Gasteiger partial charge in [-0.15, -0.1) is 0 Å². The second-order valence-corrected chi connectivity index (χ2v) is 6.18. The summed E-state index contributed by atoms with van der Waals surface area (Å²) in [5.74, 6) is 0. The third-order valence-corrected chi connectivity index (χ3v) is 4.51. The van der Waals surface area contributed by atoms with Crippen molar-refractivity contribution >= 4 is 34.2 Å². The summed E-state index contributed by atoms with van der Waals surface area (Å²) in [4.78, 5) is 0. The third kappa shape index (κ3) is 3.97. The van der Waals surface area contributed by atoms with Crippen LogP contribution in [-0.2, 0) is 11.3 Å². The highest BCUT2D eigenvalue weighted by molar-refractivity contribution is 14.1. The fourth-order valence-corrected chi connectivity index (χ4v) is 3.23. The molecule has 21 heavy (non-hydrogen) atoms. The zero-order chi connectivity index (χ0) is 15.2. The molecule has 1 aromatic heterocycles. The van der Waals surface area contributed by atoms with Crippen molar-refractivity contribution in [3.05, 3.63) is 50.3 Å². The molecule has 1 aromatic carbocycles. The maximum Gasteiger partial charge on any atom is 0.0837 e. The van der Waals surface area contributed by atoms with Crippen LogP contribution in [0.1, 0.15) is 24.2 Å². The van der Waals surface area contributed by atoms with Crippen molar-refractivity contribution in [2.75, 3.05) is 20.3 Å². The molecule has 0 aliphatic heterocycles. The van der Waals surface area contributed by atoms with Crippen LogP contribution in [-0.4, -0.2) is 30.0 Å². The fraction of sp³-hybridized carbons (Fsp3) is 0.400. The van der Waals surface area contributed by atoms with Gasteiger partial charge < -0.3 is 10.1 Å². The van der Waals surface area contributed by atoms with Crippen LogP contribution in [0.4, 0.5) is 0 Å². The zero-order valence-corrected chi connectivity index (χ0v) is 15.1. The number of nitrogens with one attached hydrogen (secondary N) is 1. The fourth-order valence-electron chi connectivity index (χ4n) is 2.28. The highest BCUT2D eigenvalue weighted by atomic mass is 127. The van der Waals surface area contributed by atoms with Gasteiger partial charge in [-0.05, 0) is 40.8 Å². The predicted molar refractivity (Wildman–Crippen MR) is 93.8 cm³/mol. The van der Waals surface area contributed by atoms with Crippen molar-refractivity contribution in [3.8, 4) is 0 Å². The van der Waals surface area contributed by atoms with Crippen LogP contribution in [0.3, 0.4) is 0 Å². The number of hydrogen-bond donors (Lipinski definition) is 1. The minimum Gasteiger partial charge on any atom is -0.383 e. The summed E-state index contributed by atoms with van der Waals surface area (Å²) in [6, 6.07) is 8.34. The monoisotopic (exact) mass is 419 g/mol. The lowest BCUT2D eigenvalue weighted by molar-refractivity contribution is 0.182. The van der Waals surface area contributed by atoms with Gasteiger partial charge in [-0.2, -0.15) is 5.10 Å². The Hall–Kier alpha value is -0.630. The topological polar surface area (TPSA) is 39.1 Å². The summed E-state index contributed by atoms with van der Waals surface area (Å²) in [5, 5.41) is 8.56. The number of halogens is 2. The molecule has 6 heteroatoms. The van der Waals surface area contributed by atoms with E-state index in [1.54, 1.807) is 13.3 Å². The van der Waals surface area contributed by atoms with Crippen LogP contribution in [0, 0.1) is 3.57 Å². The Labute approximate surface area is 144 Å². The molecule has 1 unspecified atom stereocenters. The summed E-state index contributed by atoms with van der Waals surface area (Å²) in [6.07, 6.45) is 1.70. The number of rotatable bonds is 7. The van der Waals surface area contributed by atoms with Gasteiger partial charge in [0.15, 0.2) is 0 Å². The highest BCUT2D eigenvalue weighted by Crippen LogP contribution is 2.30. The Morgan fingerprint density at radius 2 is 2.19 bits per heavy atom. The molecule has 4 nitrogen and oxygen atoms in total. The van der Waals surface area contributed by atoms with Crippen molar-refractivity contribution in [3.63, 3.8) is 0 Å². The van der Waals surface area contributed by atoms with Crippen LogP contribution >= 0.6 is 34.2 Å². The number of nitrogens with zero attached hydrogens (tertiary/aromatic N) is 2. The minimum atomic E-state index is 0.0231. The molecule has 2 rings (SSSR count). The molecule has 0 saturated carbocycles. The molecule has 0 radical (unpaired) electrons. The number of aromatic nitrogens is 2. The van der Waals surface area contributed by atoms with Crippen molar-refractivity contribution in [1.29, 1.82) is 0 Å². The molecule has 0 spiro atoms. The van der Waals surface area contributed by atoms with Gasteiger partial charge >= 0.3 is 0 Å². The van der Waals surface area contributed by atoms with E-state index in [4.69, 9.17) is 16.3 Å². The molecule has 1 heterocycles. The van der Waals surface area contributed by atoms with Gasteiger partial charge in [0.25, 0.3) is 0 Å². The maximum absolute atomic E-state index is 6.39. The van der Waals surface area contributed by atoms with Crippen LogP contribution in [0.25, 0.3) is 0 Å². The lowest BCUT2D eigenvalue weighted by Gasteiger charge is -2.21. The van der Waals surface area contributed by atoms with E-state index in [1.165, 1.54) is 9.13 Å². The summed E-state index contributed by atoms with van der Waals surface area (Å²) in [6.45, 7) is 4.23. The molecule has 0 saturated heterocycles. The molecular weight excluding hydrogens is 401 g/mol. The average Bonchev–Trinajstić information content (AvgIpc) is 2.84. The number of methoxy groups -OCH3 is 1. The van der Waals surface area contributed by atoms with E-state index in [0.717, 1.165) is 12.2 Å². The molecule has 0 aliphatic carbocycles. The van der Waals surface area contributed by atoms with Gasteiger partial charge in [0, 0.05) is 10.7 Å². The van der Waals surface area contributed by atoms with E-state index >= 15 is 0 Å². The highest BCUT2D eigenvalue weighted by Gasteiger charge is 2.23. The Morgan fingerprint density at radius 3 is 2.86 bits per heavy atom. The Balaban J connectivity index is 2.43. The van der Waals surface area contributed by atoms with Gasteiger partial charge in [-0.1, -0.05) is 36.7 Å². The first-order valence-corrected chi connectivity index (χ1v) is 8.32. The number of benzene rings is 1. The quantitative estimate of drug-likeness (QED) is 0.698. The van der Waals surface area contributed by atoms with Gasteiger partial charge in [0.1, 0.15) is 0 Å². The van der Waals surface area contributed by atoms with Gasteiger partial charge in [-0.3, -0.25) is 4.68 Å². The third-order valence-electron chi connectivity index (χ3n) is 3.24. The summed E-state index contributed by atoms with van der Waals surface area (Å²) in [7, 11) is 1.69. The number of hydrogen-bond acceptors (Lipinski definition) is 3. The molecule has 0 amide bonds. The number of ether oxygens (including phenoxy) is 1. The van der Waals surface area contributed by atoms with E-state index in [9.17, 15) is 0 Å². The van der Waals surface area contributed by atoms with Crippen molar-refractivity contribution in [1.82, 2.24) is 15.1 Å². The summed E-state index contributed by atoms with van der Waals surface area (Å²) < 4.78 is 8.28. The van der Waals surface area contributed by atoms with Crippen molar-refractivity contribution in [2.45, 2.75) is 19.5 Å².